The van der Waals surface area contributed by atoms with E-state index in [4.69, 9.17) is 4.74 Å². The maximum atomic E-state index is 12.6. The molecule has 0 saturated carbocycles. The molecule has 8 nitrogen and oxygen atoms in total. The number of H-pyrrole nitrogens is 1. The fourth-order valence-electron chi connectivity index (χ4n) is 2.94. The van der Waals surface area contributed by atoms with Crippen LogP contribution in [0.2, 0.25) is 0 Å². The van der Waals surface area contributed by atoms with Gasteiger partial charge in [-0.05, 0) is 67.6 Å². The third-order valence-corrected chi connectivity index (χ3v) is 7.03. The van der Waals surface area contributed by atoms with Crippen molar-refractivity contribution in [2.75, 3.05) is 17.1 Å². The van der Waals surface area contributed by atoms with Crippen LogP contribution in [0.4, 0.5) is 11.5 Å². The molecule has 0 saturated heterocycles. The molecule has 2 heterocycles. The van der Waals surface area contributed by atoms with Crippen molar-refractivity contribution in [2.24, 2.45) is 0 Å². The number of amides is 1. The average molecular weight is 469 g/mol. The van der Waals surface area contributed by atoms with Crippen LogP contribution < -0.4 is 14.8 Å². The highest BCUT2D eigenvalue weighted by atomic mass is 32.2. The number of aryl methyl sites for hydroxylation is 1. The van der Waals surface area contributed by atoms with Gasteiger partial charge < -0.3 is 10.1 Å². The van der Waals surface area contributed by atoms with E-state index in [9.17, 15) is 13.2 Å². The van der Waals surface area contributed by atoms with Crippen molar-refractivity contribution < 1.29 is 17.9 Å². The van der Waals surface area contributed by atoms with Crippen LogP contribution >= 0.6 is 11.3 Å². The van der Waals surface area contributed by atoms with Crippen molar-refractivity contribution in [2.45, 2.75) is 11.8 Å². The van der Waals surface area contributed by atoms with E-state index in [1.54, 1.807) is 41.7 Å². The number of hydrogen-bond acceptors (Lipinski definition) is 6. The third kappa shape index (κ3) is 4.82. The Bertz CT molecular complexity index is 1340. The zero-order chi connectivity index (χ0) is 22.7. The maximum absolute atomic E-state index is 12.6. The van der Waals surface area contributed by atoms with E-state index < -0.39 is 15.9 Å². The molecule has 4 rings (SSSR count). The standard InChI is InChI=1S/C22H20N4O4S2/c1-14-3-12-20(31-14)19-13-21(25-24-19)23-22(27)15-4-10-18(11-5-15)32(28,29)26-16-6-8-17(30-2)9-7-16/h3-13,26H,1-2H3,(H2,23,24,25,27). The Balaban J connectivity index is 1.43. The third-order valence-electron chi connectivity index (χ3n) is 4.59. The minimum atomic E-state index is -3.80. The number of sulfonamides is 1. The molecule has 0 aliphatic rings. The second-order valence-corrected chi connectivity index (χ2v) is 9.86. The highest BCUT2D eigenvalue weighted by Gasteiger charge is 2.16. The Morgan fingerprint density at radius 1 is 1.03 bits per heavy atom. The molecular formula is C22H20N4O4S2. The zero-order valence-corrected chi connectivity index (χ0v) is 18.9. The number of anilines is 2. The number of carbonyl (C=O) groups is 1. The summed E-state index contributed by atoms with van der Waals surface area (Å²) >= 11 is 1.62. The molecule has 1 amide bonds. The SMILES string of the molecule is COc1ccc(NS(=O)(=O)c2ccc(C(=O)Nc3cc(-c4ccc(C)s4)[nH]n3)cc2)cc1. The lowest BCUT2D eigenvalue weighted by Crippen LogP contribution is -2.15. The van der Waals surface area contributed by atoms with Gasteiger partial charge in [-0.25, -0.2) is 8.42 Å². The Kier molecular flexibility index (Phi) is 5.97. The largest absolute Gasteiger partial charge is 0.497 e. The number of methoxy groups -OCH3 is 1. The predicted molar refractivity (Wildman–Crippen MR) is 125 cm³/mol. The summed E-state index contributed by atoms with van der Waals surface area (Å²) in [6.07, 6.45) is 0. The van der Waals surface area contributed by atoms with Gasteiger partial charge in [-0.15, -0.1) is 11.3 Å². The molecular weight excluding hydrogens is 448 g/mol. The quantitative estimate of drug-likeness (QED) is 0.369. The molecule has 10 heteroatoms. The van der Waals surface area contributed by atoms with Gasteiger partial charge in [-0.3, -0.25) is 14.6 Å². The molecule has 0 atom stereocenters. The van der Waals surface area contributed by atoms with Gasteiger partial charge >= 0.3 is 0 Å². The minimum absolute atomic E-state index is 0.0417. The van der Waals surface area contributed by atoms with Gasteiger partial charge in [0.2, 0.25) is 0 Å². The minimum Gasteiger partial charge on any atom is -0.497 e. The molecule has 0 aliphatic carbocycles. The predicted octanol–water partition coefficient (Wildman–Crippen LogP) is 4.51. The second-order valence-electron chi connectivity index (χ2n) is 6.89. The van der Waals surface area contributed by atoms with E-state index in [1.165, 1.54) is 36.3 Å². The highest BCUT2D eigenvalue weighted by Crippen LogP contribution is 2.27. The van der Waals surface area contributed by atoms with Crippen molar-refractivity contribution in [1.82, 2.24) is 10.2 Å². The first-order chi connectivity index (χ1) is 15.3. The van der Waals surface area contributed by atoms with Crippen molar-refractivity contribution in [1.29, 1.82) is 0 Å². The van der Waals surface area contributed by atoms with Crippen molar-refractivity contribution in [3.05, 3.63) is 77.2 Å². The first-order valence-electron chi connectivity index (χ1n) is 9.54. The number of benzene rings is 2. The first kappa shape index (κ1) is 21.6. The molecule has 0 radical (unpaired) electrons. The first-order valence-corrected chi connectivity index (χ1v) is 11.8. The van der Waals surface area contributed by atoms with E-state index in [1.807, 2.05) is 19.1 Å². The maximum Gasteiger partial charge on any atom is 0.261 e. The van der Waals surface area contributed by atoms with E-state index in [0.717, 1.165) is 10.6 Å². The molecule has 0 spiro atoms. The van der Waals surface area contributed by atoms with E-state index in [-0.39, 0.29) is 4.90 Å². The average Bonchev–Trinajstić information content (AvgIpc) is 3.43. The van der Waals surface area contributed by atoms with Crippen LogP contribution in [0.15, 0.2) is 71.6 Å². The van der Waals surface area contributed by atoms with Gasteiger partial charge in [0, 0.05) is 22.2 Å². The van der Waals surface area contributed by atoms with E-state index in [0.29, 0.717) is 22.8 Å². The van der Waals surface area contributed by atoms with Gasteiger partial charge in [0.05, 0.1) is 22.6 Å². The van der Waals surface area contributed by atoms with Crippen molar-refractivity contribution in [3.8, 4) is 16.3 Å². The molecule has 164 valence electrons. The normalized spacial score (nSPS) is 11.2. The van der Waals surface area contributed by atoms with Gasteiger partial charge in [-0.2, -0.15) is 5.10 Å². The molecule has 2 aromatic heterocycles. The van der Waals surface area contributed by atoms with Gasteiger partial charge in [0.25, 0.3) is 15.9 Å². The number of ether oxygens (including phenoxy) is 1. The fourth-order valence-corrected chi connectivity index (χ4v) is 4.83. The lowest BCUT2D eigenvalue weighted by Gasteiger charge is -2.09. The molecule has 0 aliphatic heterocycles. The molecule has 3 N–H and O–H groups in total. The van der Waals surface area contributed by atoms with Crippen LogP contribution in [0.3, 0.4) is 0 Å². The van der Waals surface area contributed by atoms with E-state index in [2.05, 4.69) is 20.2 Å². The molecule has 4 aromatic rings. The summed E-state index contributed by atoms with van der Waals surface area (Å²) in [7, 11) is -2.26. The molecule has 0 bridgehead atoms. The molecule has 0 unspecified atom stereocenters. The number of rotatable bonds is 7. The number of aromatic amines is 1. The highest BCUT2D eigenvalue weighted by molar-refractivity contribution is 7.92. The van der Waals surface area contributed by atoms with Gasteiger partial charge in [0.15, 0.2) is 5.82 Å². The Labute approximate surface area is 189 Å². The van der Waals surface area contributed by atoms with Crippen molar-refractivity contribution in [3.63, 3.8) is 0 Å². The molecule has 2 aromatic carbocycles. The number of nitrogens with one attached hydrogen (secondary N) is 3. The summed E-state index contributed by atoms with van der Waals surface area (Å²) in [6, 6.07) is 17.9. The number of carbonyl (C=O) groups excluding carboxylic acids is 1. The number of nitrogens with zero attached hydrogens (tertiary/aromatic N) is 1. The van der Waals surface area contributed by atoms with Gasteiger partial charge in [-0.1, -0.05) is 0 Å². The summed E-state index contributed by atoms with van der Waals surface area (Å²) in [5.41, 5.74) is 1.53. The number of aromatic nitrogens is 2. The summed E-state index contributed by atoms with van der Waals surface area (Å²) in [4.78, 5) is 14.8. The van der Waals surface area contributed by atoms with Crippen LogP contribution in [0.5, 0.6) is 5.75 Å². The molecule has 0 fully saturated rings. The van der Waals surface area contributed by atoms with Crippen LogP contribution in [0, 0.1) is 6.92 Å². The van der Waals surface area contributed by atoms with Crippen LogP contribution in [0.1, 0.15) is 15.2 Å². The summed E-state index contributed by atoms with van der Waals surface area (Å²) < 4.78 is 32.8. The number of thiophene rings is 1. The second kappa shape index (κ2) is 8.85. The lowest BCUT2D eigenvalue weighted by atomic mass is 10.2. The Morgan fingerprint density at radius 2 is 1.75 bits per heavy atom. The number of hydrogen-bond donors (Lipinski definition) is 3. The lowest BCUT2D eigenvalue weighted by molar-refractivity contribution is 0.102. The summed E-state index contributed by atoms with van der Waals surface area (Å²) in [5.74, 6) is 0.615. The fraction of sp³-hybridized carbons (Fsp3) is 0.0909. The van der Waals surface area contributed by atoms with Crippen molar-refractivity contribution >= 4 is 38.8 Å². The van der Waals surface area contributed by atoms with Crippen LogP contribution in [-0.2, 0) is 10.0 Å². The summed E-state index contributed by atoms with van der Waals surface area (Å²) in [6.45, 7) is 2.02. The Morgan fingerprint density at radius 3 is 2.38 bits per heavy atom. The van der Waals surface area contributed by atoms with Crippen LogP contribution in [-0.4, -0.2) is 31.6 Å². The van der Waals surface area contributed by atoms with Gasteiger partial charge in [0.1, 0.15) is 5.75 Å². The monoisotopic (exact) mass is 468 g/mol. The Hall–Kier alpha value is -3.63. The smallest absolute Gasteiger partial charge is 0.261 e. The van der Waals surface area contributed by atoms with E-state index >= 15 is 0 Å². The topological polar surface area (TPSA) is 113 Å². The summed E-state index contributed by atoms with van der Waals surface area (Å²) in [5, 5.41) is 9.73. The molecule has 32 heavy (non-hydrogen) atoms. The zero-order valence-electron chi connectivity index (χ0n) is 17.2. The van der Waals surface area contributed by atoms with Crippen LogP contribution in [0.25, 0.3) is 10.6 Å².